The zero-order valence-corrected chi connectivity index (χ0v) is 22.1. The number of hydrogen-bond acceptors (Lipinski definition) is 5. The summed E-state index contributed by atoms with van der Waals surface area (Å²) < 4.78 is 18.5. The minimum Gasteiger partial charge on any atom is -0.322 e. The van der Waals surface area contributed by atoms with Crippen molar-refractivity contribution in [1.82, 2.24) is 14.0 Å². The molecule has 6 rings (SSSR count). The summed E-state index contributed by atoms with van der Waals surface area (Å²) in [5.41, 5.74) is 2.76. The van der Waals surface area contributed by atoms with Gasteiger partial charge in [0.05, 0.1) is 15.8 Å². The molecule has 0 saturated heterocycles. The monoisotopic (exact) mass is 502 g/mol. The maximum Gasteiger partial charge on any atom is 0.350 e. The number of aldehydes is 1. The molecule has 0 amide bonds. The zero-order chi connectivity index (χ0) is 25.4. The molecule has 1 unspecified atom stereocenters. The van der Waals surface area contributed by atoms with E-state index in [1.54, 1.807) is 29.8 Å². The van der Waals surface area contributed by atoms with E-state index in [-0.39, 0.29) is 16.6 Å². The molecule has 8 nitrogen and oxygen atoms in total. The van der Waals surface area contributed by atoms with Crippen LogP contribution in [-0.2, 0) is 22.3 Å². The Balaban J connectivity index is 0.000000306. The molecule has 35 heavy (non-hydrogen) atoms. The number of rotatable bonds is 7. The molecule has 4 aliphatic carbocycles. The fourth-order valence-corrected chi connectivity index (χ4v) is 5.98. The SMILES string of the molecule is CC.CNn1c(=O)c2cc(S(=O)NC3(C)CC3)ccc2n(CC2CCCC2)c1=O.O=CC12CC1C2. The molecule has 1 aromatic carbocycles. The Morgan fingerprint density at radius 1 is 1.14 bits per heavy atom. The topological polar surface area (TPSA) is 102 Å². The molecule has 1 aromatic heterocycles. The Kier molecular flexibility index (Phi) is 7.38. The van der Waals surface area contributed by atoms with Gasteiger partial charge >= 0.3 is 5.69 Å². The van der Waals surface area contributed by atoms with Crippen molar-refractivity contribution in [3.63, 3.8) is 0 Å². The highest BCUT2D eigenvalue weighted by Crippen LogP contribution is 2.73. The minimum absolute atomic E-state index is 0.0771. The molecule has 0 radical (unpaired) electrons. The van der Waals surface area contributed by atoms with E-state index in [1.165, 1.54) is 25.7 Å². The third-order valence-corrected chi connectivity index (χ3v) is 9.15. The summed E-state index contributed by atoms with van der Waals surface area (Å²) in [4.78, 5) is 36.1. The molecule has 1 heterocycles. The predicted octanol–water partition coefficient (Wildman–Crippen LogP) is 3.31. The molecule has 192 valence electrons. The molecule has 4 aliphatic rings. The highest BCUT2D eigenvalue weighted by atomic mass is 32.2. The second-order valence-corrected chi connectivity index (χ2v) is 11.7. The first-order valence-corrected chi connectivity index (χ1v) is 14.1. The molecule has 1 atom stereocenters. The number of hydrogen-bond donors (Lipinski definition) is 2. The average Bonchev–Trinajstić information content (AvgIpc) is 3.80. The first kappa shape index (κ1) is 25.8. The summed E-state index contributed by atoms with van der Waals surface area (Å²) in [5.74, 6) is 1.30. The number of aromatic nitrogens is 2. The first-order chi connectivity index (χ1) is 16.8. The lowest BCUT2D eigenvalue weighted by molar-refractivity contribution is -0.110. The Morgan fingerprint density at radius 3 is 2.26 bits per heavy atom. The van der Waals surface area contributed by atoms with Crippen LogP contribution >= 0.6 is 0 Å². The van der Waals surface area contributed by atoms with Crippen molar-refractivity contribution in [3.05, 3.63) is 39.0 Å². The molecule has 0 spiro atoms. The maximum absolute atomic E-state index is 12.8. The molecule has 2 aromatic rings. The Morgan fingerprint density at radius 2 is 1.77 bits per heavy atom. The normalized spacial score (nSPS) is 25.9. The van der Waals surface area contributed by atoms with E-state index in [4.69, 9.17) is 0 Å². The van der Waals surface area contributed by atoms with E-state index in [9.17, 15) is 18.6 Å². The Hall–Kier alpha value is -2.26. The number of carbonyl (C=O) groups is 1. The van der Waals surface area contributed by atoms with Gasteiger partial charge in [0, 0.05) is 24.5 Å². The highest BCUT2D eigenvalue weighted by molar-refractivity contribution is 7.83. The van der Waals surface area contributed by atoms with Crippen LogP contribution in [0.15, 0.2) is 32.7 Å². The van der Waals surface area contributed by atoms with E-state index in [0.29, 0.717) is 28.3 Å². The summed E-state index contributed by atoms with van der Waals surface area (Å²) in [6.45, 7) is 6.65. The summed E-state index contributed by atoms with van der Waals surface area (Å²) in [7, 11) is 0.176. The first-order valence-electron chi connectivity index (χ1n) is 12.9. The number of nitrogens with one attached hydrogen (secondary N) is 2. The quantitative estimate of drug-likeness (QED) is 0.566. The van der Waals surface area contributed by atoms with Crippen LogP contribution in [0.1, 0.15) is 72.1 Å². The van der Waals surface area contributed by atoms with Gasteiger partial charge in [0.15, 0.2) is 0 Å². The number of benzene rings is 1. The molecular weight excluding hydrogens is 464 g/mol. The Labute approximate surface area is 209 Å². The van der Waals surface area contributed by atoms with Crippen LogP contribution in [0.3, 0.4) is 0 Å². The molecule has 9 heteroatoms. The third kappa shape index (κ3) is 5.31. The number of nitrogens with zero attached hydrogens (tertiary/aromatic N) is 2. The van der Waals surface area contributed by atoms with Gasteiger partial charge in [0.25, 0.3) is 5.56 Å². The van der Waals surface area contributed by atoms with Crippen molar-refractivity contribution in [2.75, 3.05) is 12.5 Å². The van der Waals surface area contributed by atoms with Gasteiger partial charge in [0.1, 0.15) is 17.3 Å². The summed E-state index contributed by atoms with van der Waals surface area (Å²) >= 11 is 0. The van der Waals surface area contributed by atoms with Crippen LogP contribution in [0.4, 0.5) is 0 Å². The van der Waals surface area contributed by atoms with Gasteiger partial charge in [-0.05, 0) is 75.5 Å². The second kappa shape index (κ2) is 10.0. The lowest BCUT2D eigenvalue weighted by atomic mass is 10.1. The van der Waals surface area contributed by atoms with Crippen LogP contribution in [0.2, 0.25) is 0 Å². The van der Waals surface area contributed by atoms with Gasteiger partial charge in [0.2, 0.25) is 0 Å². The van der Waals surface area contributed by atoms with Crippen molar-refractivity contribution in [2.45, 2.75) is 89.1 Å². The minimum atomic E-state index is -1.39. The maximum atomic E-state index is 12.8. The third-order valence-electron chi connectivity index (χ3n) is 7.79. The highest BCUT2D eigenvalue weighted by Gasteiger charge is 2.69. The zero-order valence-electron chi connectivity index (χ0n) is 21.3. The van der Waals surface area contributed by atoms with Crippen molar-refractivity contribution in [1.29, 1.82) is 0 Å². The molecular formula is C26H38N4O4S. The lowest BCUT2D eigenvalue weighted by Gasteiger charge is -2.17. The molecule has 2 N–H and O–H groups in total. The van der Waals surface area contributed by atoms with Gasteiger partial charge < -0.3 is 10.2 Å². The second-order valence-electron chi connectivity index (χ2n) is 10.5. The fourth-order valence-electron chi connectivity index (χ4n) is 4.80. The van der Waals surface area contributed by atoms with E-state index >= 15 is 0 Å². The van der Waals surface area contributed by atoms with Crippen LogP contribution in [0.5, 0.6) is 0 Å². The number of fused-ring (bicyclic) bond motifs is 2. The van der Waals surface area contributed by atoms with Crippen LogP contribution in [0.25, 0.3) is 10.9 Å². The summed E-state index contributed by atoms with van der Waals surface area (Å²) in [6, 6.07) is 5.17. The molecule has 0 aliphatic heterocycles. The molecule has 0 bridgehead atoms. The predicted molar refractivity (Wildman–Crippen MR) is 139 cm³/mol. The van der Waals surface area contributed by atoms with Gasteiger partial charge in [-0.25, -0.2) is 13.7 Å². The van der Waals surface area contributed by atoms with Crippen molar-refractivity contribution in [3.8, 4) is 0 Å². The van der Waals surface area contributed by atoms with Gasteiger partial charge in [-0.1, -0.05) is 26.7 Å². The summed E-state index contributed by atoms with van der Waals surface area (Å²) in [5, 5.41) is 0.413. The van der Waals surface area contributed by atoms with E-state index in [0.717, 1.165) is 42.6 Å². The van der Waals surface area contributed by atoms with Crippen LogP contribution in [-0.4, -0.2) is 32.3 Å². The van der Waals surface area contributed by atoms with E-state index < -0.39 is 16.5 Å². The van der Waals surface area contributed by atoms with Crippen molar-refractivity contribution in [2.24, 2.45) is 17.3 Å². The van der Waals surface area contributed by atoms with Gasteiger partial charge in [-0.2, -0.15) is 4.68 Å². The van der Waals surface area contributed by atoms with Crippen molar-refractivity contribution >= 4 is 28.2 Å². The lowest BCUT2D eigenvalue weighted by Crippen LogP contribution is -2.44. The fraction of sp³-hybridized carbons (Fsp3) is 0.654. The molecule has 4 saturated carbocycles. The van der Waals surface area contributed by atoms with E-state index in [1.807, 2.05) is 20.8 Å². The van der Waals surface area contributed by atoms with Crippen molar-refractivity contribution < 1.29 is 9.00 Å². The smallest absolute Gasteiger partial charge is 0.322 e. The average molecular weight is 503 g/mol. The van der Waals surface area contributed by atoms with E-state index in [2.05, 4.69) is 10.1 Å². The van der Waals surface area contributed by atoms with Gasteiger partial charge in [-0.15, -0.1) is 0 Å². The van der Waals surface area contributed by atoms with Crippen LogP contribution in [0, 0.1) is 17.3 Å². The largest absolute Gasteiger partial charge is 0.350 e. The number of carbonyl (C=O) groups excluding carboxylic acids is 1. The Bertz CT molecular complexity index is 1230. The van der Waals surface area contributed by atoms with Crippen LogP contribution < -0.4 is 21.4 Å². The molecule has 4 fully saturated rings. The summed E-state index contributed by atoms with van der Waals surface area (Å²) in [6.07, 6.45) is 10.1. The van der Waals surface area contributed by atoms with Gasteiger partial charge in [-0.3, -0.25) is 9.36 Å². The standard InChI is InChI=1S/C19H26N4O3S.C5H6O.C2H6/c1-19(9-10-19)21-27(26)14-7-8-16-15(11-14)17(24)23(20-2)18(25)22(16)12-13-5-3-4-6-13;6-3-5-1-4(5)2-5;1-2/h7-8,11,13,20-21H,3-6,9-10,12H2,1-2H3;3-4H,1-2H2;1-2H3.